The molecule has 1 amide bonds. The van der Waals surface area contributed by atoms with E-state index in [1.165, 1.54) is 24.1 Å². The van der Waals surface area contributed by atoms with Gasteiger partial charge in [0.2, 0.25) is 5.91 Å². The molecule has 0 unspecified atom stereocenters. The van der Waals surface area contributed by atoms with E-state index >= 15 is 0 Å². The first-order chi connectivity index (χ1) is 12.6. The van der Waals surface area contributed by atoms with E-state index in [9.17, 15) is 4.79 Å². The lowest BCUT2D eigenvalue weighted by atomic mass is 9.96. The maximum Gasteiger partial charge on any atom is 0.224 e. The number of aromatic nitrogens is 3. The highest BCUT2D eigenvalue weighted by molar-refractivity contribution is 5.78. The van der Waals surface area contributed by atoms with Gasteiger partial charge in [0, 0.05) is 42.8 Å². The normalized spacial score (nSPS) is 28.5. The fraction of sp³-hybridized carbons (Fsp3) is 0.650. The lowest BCUT2D eigenvalue weighted by molar-refractivity contribution is -0.136. The molecule has 0 aliphatic carbocycles. The van der Waals surface area contributed by atoms with Crippen LogP contribution in [0.4, 0.5) is 0 Å². The lowest BCUT2D eigenvalue weighted by Gasteiger charge is -2.39. The van der Waals surface area contributed by atoms with Crippen LogP contribution in [0.5, 0.6) is 0 Å². The molecule has 3 aliphatic heterocycles. The van der Waals surface area contributed by atoms with Gasteiger partial charge in [0.25, 0.3) is 0 Å². The van der Waals surface area contributed by atoms with Crippen molar-refractivity contribution in [1.82, 2.24) is 24.4 Å². The molecule has 2 fully saturated rings. The number of carbonyl (C=O) groups excluding carboxylic acids is 1. The van der Waals surface area contributed by atoms with Gasteiger partial charge in [0.1, 0.15) is 0 Å². The average molecular weight is 353 g/mol. The largest absolute Gasteiger partial charge is 0.332 e. The van der Waals surface area contributed by atoms with Crippen LogP contribution in [0.3, 0.4) is 0 Å². The molecule has 0 radical (unpaired) electrons. The minimum Gasteiger partial charge on any atom is -0.332 e. The summed E-state index contributed by atoms with van der Waals surface area (Å²) in [6.45, 7) is 3.13. The van der Waals surface area contributed by atoms with E-state index in [0.717, 1.165) is 43.6 Å². The van der Waals surface area contributed by atoms with Crippen molar-refractivity contribution in [2.45, 2.75) is 70.0 Å². The van der Waals surface area contributed by atoms with Crippen LogP contribution in [0.25, 0.3) is 5.65 Å². The van der Waals surface area contributed by atoms with E-state index in [2.05, 4.69) is 26.9 Å². The van der Waals surface area contributed by atoms with E-state index in [1.54, 1.807) is 0 Å². The van der Waals surface area contributed by atoms with E-state index in [4.69, 9.17) is 0 Å². The monoisotopic (exact) mass is 353 g/mol. The second-order valence-electron chi connectivity index (χ2n) is 8.30. The molecule has 0 spiro atoms. The van der Waals surface area contributed by atoms with Crippen LogP contribution in [0, 0.1) is 6.92 Å². The summed E-state index contributed by atoms with van der Waals surface area (Å²) in [7, 11) is 2.16. The molecule has 3 aliphatic rings. The van der Waals surface area contributed by atoms with Crippen LogP contribution in [-0.2, 0) is 11.2 Å². The van der Waals surface area contributed by atoms with Crippen molar-refractivity contribution in [3.8, 4) is 0 Å². The van der Waals surface area contributed by atoms with Crippen LogP contribution < -0.4 is 0 Å². The van der Waals surface area contributed by atoms with Crippen molar-refractivity contribution < 1.29 is 4.79 Å². The average Bonchev–Trinajstić information content (AvgIpc) is 3.16. The Morgan fingerprint density at radius 3 is 3.00 bits per heavy atom. The number of piperidine rings is 1. The van der Waals surface area contributed by atoms with Crippen molar-refractivity contribution >= 4 is 11.6 Å². The lowest BCUT2D eigenvalue weighted by Crippen LogP contribution is -2.46. The molecule has 138 valence electrons. The summed E-state index contributed by atoms with van der Waals surface area (Å²) in [5.41, 5.74) is 4.38. The second kappa shape index (κ2) is 6.05. The quantitative estimate of drug-likeness (QED) is 0.832. The third-order valence-electron chi connectivity index (χ3n) is 6.65. The second-order valence-corrected chi connectivity index (χ2v) is 8.30. The zero-order valence-electron chi connectivity index (χ0n) is 15.7. The Hall–Kier alpha value is -1.95. The maximum atomic E-state index is 13.2. The summed E-state index contributed by atoms with van der Waals surface area (Å²) >= 11 is 0. The van der Waals surface area contributed by atoms with Crippen LogP contribution in [0.15, 0.2) is 12.3 Å². The molecule has 0 N–H and O–H groups in total. The number of hydrogen-bond acceptors (Lipinski definition) is 4. The Kier molecular flexibility index (Phi) is 3.78. The SMILES string of the molecule is Cc1cc2ncc3c(n2n1)C[C@H]1CC[C@H]3N1C(=O)C[C@H]1CCCCN1C. The Morgan fingerprint density at radius 1 is 1.27 bits per heavy atom. The Bertz CT molecular complexity index is 859. The number of aryl methyl sites for hydroxylation is 1. The molecule has 26 heavy (non-hydrogen) atoms. The minimum atomic E-state index is 0.187. The fourth-order valence-electron chi connectivity index (χ4n) is 5.29. The van der Waals surface area contributed by atoms with Crippen molar-refractivity contribution in [3.05, 3.63) is 29.2 Å². The van der Waals surface area contributed by atoms with Gasteiger partial charge in [-0.25, -0.2) is 9.50 Å². The van der Waals surface area contributed by atoms with Gasteiger partial charge in [-0.3, -0.25) is 4.79 Å². The molecule has 0 saturated carbocycles. The molecule has 3 atom stereocenters. The Morgan fingerprint density at radius 2 is 2.15 bits per heavy atom. The molecule has 0 aromatic carbocycles. The van der Waals surface area contributed by atoms with Crippen LogP contribution in [0.1, 0.15) is 61.5 Å². The minimum absolute atomic E-state index is 0.187. The first-order valence-electron chi connectivity index (χ1n) is 9.97. The van der Waals surface area contributed by atoms with Crippen molar-refractivity contribution in [2.75, 3.05) is 13.6 Å². The van der Waals surface area contributed by atoms with Crippen molar-refractivity contribution in [1.29, 1.82) is 0 Å². The molecule has 2 bridgehead atoms. The van der Waals surface area contributed by atoms with E-state index in [0.29, 0.717) is 24.4 Å². The zero-order chi connectivity index (χ0) is 17.8. The van der Waals surface area contributed by atoms with Gasteiger partial charge in [0.05, 0.1) is 17.4 Å². The summed E-state index contributed by atoms with van der Waals surface area (Å²) < 4.78 is 2.01. The summed E-state index contributed by atoms with van der Waals surface area (Å²) in [5.74, 6) is 0.332. The number of likely N-dealkylation sites (tertiary alicyclic amines) is 1. The van der Waals surface area contributed by atoms with Crippen LogP contribution in [0.2, 0.25) is 0 Å². The molecule has 5 rings (SSSR count). The summed E-state index contributed by atoms with van der Waals surface area (Å²) in [5, 5.41) is 4.64. The highest BCUT2D eigenvalue weighted by Gasteiger charge is 2.44. The third-order valence-corrected chi connectivity index (χ3v) is 6.65. The molecule has 2 saturated heterocycles. The van der Waals surface area contributed by atoms with E-state index in [1.807, 2.05) is 23.7 Å². The molecule has 2 aromatic rings. The zero-order valence-corrected chi connectivity index (χ0v) is 15.7. The maximum absolute atomic E-state index is 13.2. The first kappa shape index (κ1) is 16.2. The summed E-state index contributed by atoms with van der Waals surface area (Å²) in [6, 6.07) is 2.94. The standard InChI is InChI=1S/C20H27N5O/c1-13-9-19-21-12-16-17-7-6-15(10-18(16)25(19)22-13)24(17)20(26)11-14-5-3-4-8-23(14)2/h9,12,14-15,17H,3-8,10-11H2,1-2H3/t14-,15-,17-/m1/s1. The predicted molar refractivity (Wildman–Crippen MR) is 98.9 cm³/mol. The number of fused-ring (bicyclic) bond motifs is 6. The fourth-order valence-corrected chi connectivity index (χ4v) is 5.29. The van der Waals surface area contributed by atoms with Gasteiger partial charge in [-0.1, -0.05) is 6.42 Å². The highest BCUT2D eigenvalue weighted by atomic mass is 16.2. The summed E-state index contributed by atoms with van der Waals surface area (Å²) in [6.07, 6.45) is 9.35. The number of amides is 1. The van der Waals surface area contributed by atoms with Crippen LogP contribution >= 0.6 is 0 Å². The van der Waals surface area contributed by atoms with Crippen LogP contribution in [-0.4, -0.2) is 56.0 Å². The number of hydrogen-bond donors (Lipinski definition) is 0. The smallest absolute Gasteiger partial charge is 0.224 e. The highest BCUT2D eigenvalue weighted by Crippen LogP contribution is 2.44. The first-order valence-corrected chi connectivity index (χ1v) is 9.97. The van der Waals surface area contributed by atoms with Gasteiger partial charge < -0.3 is 9.80 Å². The molecular formula is C20H27N5O. The topological polar surface area (TPSA) is 53.7 Å². The molecule has 6 heteroatoms. The van der Waals surface area contributed by atoms with E-state index in [-0.39, 0.29) is 6.04 Å². The molecular weight excluding hydrogens is 326 g/mol. The van der Waals surface area contributed by atoms with Crippen molar-refractivity contribution in [2.24, 2.45) is 0 Å². The Labute approximate surface area is 154 Å². The van der Waals surface area contributed by atoms with Gasteiger partial charge in [-0.2, -0.15) is 5.10 Å². The molecule has 2 aromatic heterocycles. The molecule has 5 heterocycles. The van der Waals surface area contributed by atoms with Gasteiger partial charge in [-0.05, 0) is 46.2 Å². The third kappa shape index (κ3) is 2.46. The number of rotatable bonds is 2. The number of carbonyl (C=O) groups is 1. The molecule has 6 nitrogen and oxygen atoms in total. The summed E-state index contributed by atoms with van der Waals surface area (Å²) in [4.78, 5) is 22.4. The predicted octanol–water partition coefficient (Wildman–Crippen LogP) is 2.50. The number of nitrogens with zero attached hydrogens (tertiary/aromatic N) is 5. The van der Waals surface area contributed by atoms with E-state index < -0.39 is 0 Å². The van der Waals surface area contributed by atoms with Crippen molar-refractivity contribution in [3.63, 3.8) is 0 Å². The Balaban J connectivity index is 1.44. The van der Waals surface area contributed by atoms with Gasteiger partial charge in [-0.15, -0.1) is 0 Å². The van der Waals surface area contributed by atoms with Gasteiger partial charge in [0.15, 0.2) is 5.65 Å². The van der Waals surface area contributed by atoms with Gasteiger partial charge >= 0.3 is 0 Å².